The van der Waals surface area contributed by atoms with Crippen LogP contribution in [0.25, 0.3) is 22.0 Å². The Morgan fingerprint density at radius 1 is 1.06 bits per heavy atom. The number of ether oxygens (including phenoxy) is 1. The third kappa shape index (κ3) is 3.69. The Morgan fingerprint density at radius 3 is 2.71 bits per heavy atom. The number of aryl methyl sites for hydroxylation is 1. The molecule has 2 fully saturated rings. The second-order valence-electron chi connectivity index (χ2n) is 9.12. The summed E-state index contributed by atoms with van der Waals surface area (Å²) in [5.41, 5.74) is 1.86. The summed E-state index contributed by atoms with van der Waals surface area (Å²) in [6.45, 7) is 0.540. The number of pyridine rings is 1. The van der Waals surface area contributed by atoms with Crippen LogP contribution in [0, 0.1) is 11.6 Å². The highest BCUT2D eigenvalue weighted by atomic mass is 19.1. The van der Waals surface area contributed by atoms with E-state index in [2.05, 4.69) is 16.4 Å². The first-order chi connectivity index (χ1) is 16.5. The molecule has 3 aromatic heterocycles. The van der Waals surface area contributed by atoms with E-state index >= 15 is 0 Å². The standard InChI is InChI=1S/C25H23F2N5O2/c1-31-25(33)19-10-22(30-24(20(19)12-28-31)18-5-2-16(26)9-21(18)27)14-6-7-34-23(8-14)15-11-29-32(13-15)17-3-4-17/h2,5,9-14,17,23H,3-4,6-8H2,1H3/t14-,23+/m0/s1. The molecule has 6 rings (SSSR count). The Labute approximate surface area is 194 Å². The lowest BCUT2D eigenvalue weighted by atomic mass is 9.89. The maximum Gasteiger partial charge on any atom is 0.274 e. The van der Waals surface area contributed by atoms with Crippen molar-refractivity contribution in [3.8, 4) is 11.3 Å². The van der Waals surface area contributed by atoms with Crippen molar-refractivity contribution in [3.05, 3.63) is 76.1 Å². The monoisotopic (exact) mass is 463 g/mol. The van der Waals surface area contributed by atoms with E-state index in [-0.39, 0.29) is 23.1 Å². The molecule has 0 N–H and O–H groups in total. The van der Waals surface area contributed by atoms with Crippen LogP contribution >= 0.6 is 0 Å². The molecule has 1 saturated heterocycles. The normalized spacial score (nSPS) is 20.7. The van der Waals surface area contributed by atoms with Gasteiger partial charge in [-0.15, -0.1) is 0 Å². The summed E-state index contributed by atoms with van der Waals surface area (Å²) in [5, 5.41) is 9.42. The summed E-state index contributed by atoms with van der Waals surface area (Å²) >= 11 is 0. The van der Waals surface area contributed by atoms with Gasteiger partial charge in [-0.2, -0.15) is 10.2 Å². The van der Waals surface area contributed by atoms with Crippen molar-refractivity contribution in [2.24, 2.45) is 7.05 Å². The first kappa shape index (κ1) is 21.1. The van der Waals surface area contributed by atoms with Crippen LogP contribution in [-0.2, 0) is 11.8 Å². The molecule has 9 heteroatoms. The van der Waals surface area contributed by atoms with Gasteiger partial charge in [-0.25, -0.2) is 13.5 Å². The van der Waals surface area contributed by atoms with Crippen molar-refractivity contribution in [2.75, 3.05) is 6.61 Å². The minimum absolute atomic E-state index is 0.00700. The number of halogens is 2. The number of fused-ring (bicyclic) bond motifs is 1. The van der Waals surface area contributed by atoms with Gasteiger partial charge in [-0.3, -0.25) is 14.5 Å². The maximum absolute atomic E-state index is 14.8. The smallest absolute Gasteiger partial charge is 0.274 e. The maximum atomic E-state index is 14.8. The molecule has 1 aliphatic carbocycles. The van der Waals surface area contributed by atoms with Gasteiger partial charge in [0.15, 0.2) is 0 Å². The van der Waals surface area contributed by atoms with E-state index in [0.29, 0.717) is 41.2 Å². The van der Waals surface area contributed by atoms with Crippen molar-refractivity contribution in [3.63, 3.8) is 0 Å². The minimum Gasteiger partial charge on any atom is -0.373 e. The highest BCUT2D eigenvalue weighted by Gasteiger charge is 2.30. The Hall–Kier alpha value is -3.46. The highest BCUT2D eigenvalue weighted by molar-refractivity contribution is 5.94. The van der Waals surface area contributed by atoms with E-state index in [4.69, 9.17) is 9.72 Å². The van der Waals surface area contributed by atoms with Gasteiger partial charge in [-0.1, -0.05) is 0 Å². The van der Waals surface area contributed by atoms with Crippen LogP contribution in [0.4, 0.5) is 8.78 Å². The molecule has 7 nitrogen and oxygen atoms in total. The Bertz CT molecular complexity index is 1460. The fraction of sp³-hybridized carbons (Fsp3) is 0.360. The van der Waals surface area contributed by atoms with E-state index in [0.717, 1.165) is 30.9 Å². The van der Waals surface area contributed by atoms with E-state index in [1.54, 1.807) is 13.1 Å². The summed E-state index contributed by atoms with van der Waals surface area (Å²) in [5.74, 6) is -1.40. The van der Waals surface area contributed by atoms with Gasteiger partial charge in [0, 0.05) is 54.0 Å². The fourth-order valence-corrected chi connectivity index (χ4v) is 4.71. The molecule has 0 amide bonds. The number of aromatic nitrogens is 5. The Morgan fingerprint density at radius 2 is 1.91 bits per heavy atom. The second-order valence-corrected chi connectivity index (χ2v) is 9.12. The lowest BCUT2D eigenvalue weighted by Gasteiger charge is -2.29. The highest BCUT2D eigenvalue weighted by Crippen LogP contribution is 2.40. The van der Waals surface area contributed by atoms with Gasteiger partial charge in [0.1, 0.15) is 11.6 Å². The van der Waals surface area contributed by atoms with Crippen molar-refractivity contribution in [1.82, 2.24) is 24.5 Å². The van der Waals surface area contributed by atoms with E-state index < -0.39 is 11.6 Å². The van der Waals surface area contributed by atoms with E-state index in [1.165, 1.54) is 23.0 Å². The first-order valence-electron chi connectivity index (χ1n) is 11.5. The predicted molar refractivity (Wildman–Crippen MR) is 121 cm³/mol. The second kappa shape index (κ2) is 8.09. The predicted octanol–water partition coefficient (Wildman–Crippen LogP) is 4.44. The molecule has 1 aliphatic heterocycles. The summed E-state index contributed by atoms with van der Waals surface area (Å²) in [6, 6.07) is 5.65. The SMILES string of the molecule is Cn1ncc2c(-c3ccc(F)cc3F)nc([C@H]3CCO[C@@H](c4cnn(C5CC5)c4)C3)cc2c1=O. The van der Waals surface area contributed by atoms with Crippen molar-refractivity contribution < 1.29 is 13.5 Å². The molecule has 0 bridgehead atoms. The molecule has 2 atom stereocenters. The van der Waals surface area contributed by atoms with Gasteiger partial charge < -0.3 is 4.74 Å². The fourth-order valence-electron chi connectivity index (χ4n) is 4.71. The molecule has 1 saturated carbocycles. The van der Waals surface area contributed by atoms with Gasteiger partial charge in [0.2, 0.25) is 0 Å². The quantitative estimate of drug-likeness (QED) is 0.447. The van der Waals surface area contributed by atoms with Crippen LogP contribution in [0.15, 0.2) is 47.7 Å². The molecule has 34 heavy (non-hydrogen) atoms. The van der Waals surface area contributed by atoms with Crippen molar-refractivity contribution in [2.45, 2.75) is 43.7 Å². The molecule has 4 aromatic rings. The minimum atomic E-state index is -0.732. The lowest BCUT2D eigenvalue weighted by Crippen LogP contribution is -2.22. The Kier molecular flexibility index (Phi) is 5.02. The molecule has 174 valence electrons. The number of benzene rings is 1. The summed E-state index contributed by atoms with van der Waals surface area (Å²) < 4.78 is 37.6. The first-order valence-corrected chi connectivity index (χ1v) is 11.5. The topological polar surface area (TPSA) is 74.8 Å². The zero-order valence-electron chi connectivity index (χ0n) is 18.6. The molecule has 0 radical (unpaired) electrons. The zero-order chi connectivity index (χ0) is 23.4. The van der Waals surface area contributed by atoms with Gasteiger partial charge >= 0.3 is 0 Å². The molecular formula is C25H23F2N5O2. The van der Waals surface area contributed by atoms with E-state index in [1.807, 2.05) is 10.9 Å². The third-order valence-electron chi connectivity index (χ3n) is 6.77. The van der Waals surface area contributed by atoms with Crippen LogP contribution in [-0.4, -0.2) is 31.2 Å². The van der Waals surface area contributed by atoms with Crippen LogP contribution in [0.2, 0.25) is 0 Å². The van der Waals surface area contributed by atoms with Crippen molar-refractivity contribution in [1.29, 1.82) is 0 Å². The summed E-state index contributed by atoms with van der Waals surface area (Å²) in [4.78, 5) is 17.7. The molecular weight excluding hydrogens is 440 g/mol. The van der Waals surface area contributed by atoms with Gasteiger partial charge in [-0.05, 0) is 43.9 Å². The van der Waals surface area contributed by atoms with Crippen LogP contribution in [0.5, 0.6) is 0 Å². The van der Waals surface area contributed by atoms with E-state index in [9.17, 15) is 13.6 Å². The average molecular weight is 463 g/mol. The summed E-state index contributed by atoms with van der Waals surface area (Å²) in [7, 11) is 1.57. The number of hydrogen-bond acceptors (Lipinski definition) is 5. The Balaban J connectivity index is 1.43. The van der Waals surface area contributed by atoms with Crippen molar-refractivity contribution >= 4 is 10.8 Å². The molecule has 1 aromatic carbocycles. The molecule has 2 aliphatic rings. The number of rotatable bonds is 4. The summed E-state index contributed by atoms with van der Waals surface area (Å²) in [6.07, 6.45) is 9.00. The lowest BCUT2D eigenvalue weighted by molar-refractivity contribution is 0.00463. The molecule has 0 unspecified atom stereocenters. The van der Waals surface area contributed by atoms with Crippen LogP contribution < -0.4 is 5.56 Å². The van der Waals surface area contributed by atoms with Gasteiger partial charge in [0.25, 0.3) is 5.56 Å². The number of nitrogens with zero attached hydrogens (tertiary/aromatic N) is 5. The number of hydrogen-bond donors (Lipinski definition) is 0. The van der Waals surface area contributed by atoms with Gasteiger partial charge in [0.05, 0.1) is 35.6 Å². The van der Waals surface area contributed by atoms with Crippen LogP contribution in [0.1, 0.15) is 55.0 Å². The third-order valence-corrected chi connectivity index (χ3v) is 6.77. The van der Waals surface area contributed by atoms with Crippen LogP contribution in [0.3, 0.4) is 0 Å². The molecule has 0 spiro atoms. The molecule has 4 heterocycles. The zero-order valence-corrected chi connectivity index (χ0v) is 18.6. The largest absolute Gasteiger partial charge is 0.373 e. The average Bonchev–Trinajstić information content (AvgIpc) is 3.57.